The van der Waals surface area contributed by atoms with Crippen molar-refractivity contribution in [2.24, 2.45) is 5.92 Å². The van der Waals surface area contributed by atoms with Gasteiger partial charge < -0.3 is 24.5 Å². The molecule has 226 valence electrons. The molecule has 7 nitrogen and oxygen atoms in total. The Bertz CT molecular complexity index is 1560. The monoisotopic (exact) mass is 681 g/mol. The third kappa shape index (κ3) is 7.49. The lowest BCUT2D eigenvalue weighted by molar-refractivity contribution is -0.276. The zero-order valence-electron chi connectivity index (χ0n) is 22.9. The number of ether oxygens (including phenoxy) is 2. The SMILES string of the molecule is CC1C(Cn2cnc(Cl)c2Cl)OC(c2ccc(-c3ccccc3CNC(=O)C(Cl)(Cl)Cl)cc2)OC1c1ccc(CO)cc1. The summed E-state index contributed by atoms with van der Waals surface area (Å²) < 4.78 is 12.8. The molecule has 4 aromatic rings. The Morgan fingerprint density at radius 1 is 0.977 bits per heavy atom. The number of carbonyl (C=O) groups excluding carboxylic acids is 1. The second-order valence-corrected chi connectivity index (χ2v) is 13.3. The Hall–Kier alpha value is -2.33. The minimum absolute atomic E-state index is 0.0373. The summed E-state index contributed by atoms with van der Waals surface area (Å²) in [6, 6.07) is 23.2. The number of hydrogen-bond donors (Lipinski definition) is 2. The van der Waals surface area contributed by atoms with Crippen molar-refractivity contribution in [2.45, 2.75) is 48.9 Å². The van der Waals surface area contributed by atoms with Crippen molar-refractivity contribution in [3.05, 3.63) is 112 Å². The highest BCUT2D eigenvalue weighted by Gasteiger charge is 2.39. The molecule has 1 aromatic heterocycles. The van der Waals surface area contributed by atoms with Crippen molar-refractivity contribution in [3.63, 3.8) is 0 Å². The van der Waals surface area contributed by atoms with E-state index in [4.69, 9.17) is 67.5 Å². The fourth-order valence-electron chi connectivity index (χ4n) is 5.04. The molecule has 4 unspecified atom stereocenters. The maximum Gasteiger partial charge on any atom is 0.272 e. The number of imidazole rings is 1. The lowest BCUT2D eigenvalue weighted by Gasteiger charge is -2.41. The van der Waals surface area contributed by atoms with Crippen molar-refractivity contribution in [1.82, 2.24) is 14.9 Å². The fourth-order valence-corrected chi connectivity index (χ4v) is 5.56. The number of nitrogens with one attached hydrogen (secondary N) is 1. The van der Waals surface area contributed by atoms with Gasteiger partial charge in [0.15, 0.2) is 11.4 Å². The number of carbonyl (C=O) groups is 1. The highest BCUT2D eigenvalue weighted by Crippen LogP contribution is 2.43. The Morgan fingerprint density at radius 3 is 2.28 bits per heavy atom. The Balaban J connectivity index is 1.40. The first-order valence-corrected chi connectivity index (χ1v) is 15.3. The van der Waals surface area contributed by atoms with Gasteiger partial charge >= 0.3 is 0 Å². The lowest BCUT2D eigenvalue weighted by atomic mass is 9.90. The van der Waals surface area contributed by atoms with Gasteiger partial charge in [-0.15, -0.1) is 0 Å². The van der Waals surface area contributed by atoms with Gasteiger partial charge in [0.05, 0.1) is 31.7 Å². The molecule has 1 amide bonds. The number of halogens is 5. The number of hydrogen-bond acceptors (Lipinski definition) is 5. The predicted molar refractivity (Wildman–Crippen MR) is 169 cm³/mol. The van der Waals surface area contributed by atoms with Crippen LogP contribution < -0.4 is 5.32 Å². The third-order valence-corrected chi connectivity index (χ3v) is 8.73. The molecule has 1 fully saturated rings. The molecule has 0 saturated carbocycles. The summed E-state index contributed by atoms with van der Waals surface area (Å²) in [4.78, 5) is 16.2. The van der Waals surface area contributed by atoms with E-state index in [2.05, 4.69) is 17.2 Å². The topological polar surface area (TPSA) is 85.6 Å². The second-order valence-electron chi connectivity index (χ2n) is 10.3. The minimum atomic E-state index is -2.04. The lowest BCUT2D eigenvalue weighted by Crippen LogP contribution is -2.39. The molecule has 1 aliphatic heterocycles. The standard InChI is InChI=1S/C31H28Cl5N3O4/c1-18-25(15-39-17-38-27(32)28(39)33)42-29(43-26(18)21-8-6-19(16-40)7-9-21)22-12-10-20(11-13-22)24-5-3-2-4-23(24)14-37-30(41)31(34,35)36/h2-13,17-18,25-26,29,40H,14-16H2,1H3,(H,37,41). The number of aliphatic hydroxyl groups is 1. The van der Waals surface area contributed by atoms with Crippen LogP contribution in [-0.4, -0.2) is 30.5 Å². The first-order valence-electron chi connectivity index (χ1n) is 13.4. The van der Waals surface area contributed by atoms with Gasteiger partial charge in [0.2, 0.25) is 0 Å². The molecule has 0 aliphatic carbocycles. The van der Waals surface area contributed by atoms with Crippen molar-refractivity contribution < 1.29 is 19.4 Å². The van der Waals surface area contributed by atoms with E-state index in [1.807, 2.05) is 72.8 Å². The average Bonchev–Trinajstić information content (AvgIpc) is 3.33. The zero-order valence-corrected chi connectivity index (χ0v) is 26.7. The average molecular weight is 684 g/mol. The Labute approximate surface area is 274 Å². The van der Waals surface area contributed by atoms with E-state index in [1.54, 1.807) is 10.9 Å². The van der Waals surface area contributed by atoms with Crippen molar-refractivity contribution >= 4 is 63.9 Å². The van der Waals surface area contributed by atoms with Gasteiger partial charge in [-0.25, -0.2) is 4.98 Å². The van der Waals surface area contributed by atoms with Crippen molar-refractivity contribution in [1.29, 1.82) is 0 Å². The van der Waals surface area contributed by atoms with Crippen LogP contribution in [0.5, 0.6) is 0 Å². The van der Waals surface area contributed by atoms with Gasteiger partial charge in [0.1, 0.15) is 5.15 Å². The largest absolute Gasteiger partial charge is 0.392 e. The van der Waals surface area contributed by atoms with Gasteiger partial charge in [0.25, 0.3) is 9.70 Å². The van der Waals surface area contributed by atoms with E-state index >= 15 is 0 Å². The van der Waals surface area contributed by atoms with E-state index in [0.717, 1.165) is 33.4 Å². The minimum Gasteiger partial charge on any atom is -0.392 e. The number of benzene rings is 3. The number of nitrogens with zero attached hydrogens (tertiary/aromatic N) is 2. The van der Waals surface area contributed by atoms with Crippen molar-refractivity contribution in [2.75, 3.05) is 0 Å². The van der Waals surface area contributed by atoms with Crippen LogP contribution in [0.2, 0.25) is 10.3 Å². The Morgan fingerprint density at radius 2 is 1.65 bits per heavy atom. The van der Waals surface area contributed by atoms with Gasteiger partial charge in [-0.1, -0.05) is 138 Å². The Kier molecular flexibility index (Phi) is 10.3. The van der Waals surface area contributed by atoms with E-state index < -0.39 is 16.0 Å². The molecule has 1 aliphatic rings. The molecule has 2 heterocycles. The van der Waals surface area contributed by atoms with Crippen LogP contribution in [0.3, 0.4) is 0 Å². The van der Waals surface area contributed by atoms with Crippen LogP contribution in [0.15, 0.2) is 79.1 Å². The molecule has 4 atom stereocenters. The number of rotatable bonds is 8. The molecule has 3 aromatic carbocycles. The number of aliphatic hydroxyl groups excluding tert-OH is 1. The summed E-state index contributed by atoms with van der Waals surface area (Å²) in [7, 11) is 0. The second kappa shape index (κ2) is 13.8. The summed E-state index contributed by atoms with van der Waals surface area (Å²) in [5.41, 5.74) is 5.33. The zero-order chi connectivity index (χ0) is 30.7. The molecule has 0 radical (unpaired) electrons. The van der Waals surface area contributed by atoms with Crippen LogP contribution >= 0.6 is 58.0 Å². The van der Waals surface area contributed by atoms with Crippen LogP contribution in [-0.2, 0) is 34.0 Å². The van der Waals surface area contributed by atoms with Crippen LogP contribution in [0.4, 0.5) is 0 Å². The van der Waals surface area contributed by atoms with E-state index in [-0.39, 0.29) is 36.4 Å². The third-order valence-electron chi connectivity index (χ3n) is 7.44. The molecule has 0 bridgehead atoms. The van der Waals surface area contributed by atoms with Crippen LogP contribution in [0, 0.1) is 5.92 Å². The molecule has 5 rings (SSSR count). The van der Waals surface area contributed by atoms with Gasteiger partial charge in [-0.05, 0) is 27.8 Å². The van der Waals surface area contributed by atoms with Crippen LogP contribution in [0.1, 0.15) is 41.6 Å². The first-order chi connectivity index (χ1) is 20.5. The normalized spacial score (nSPS) is 20.6. The highest BCUT2D eigenvalue weighted by molar-refractivity contribution is 6.76. The smallest absolute Gasteiger partial charge is 0.272 e. The molecule has 2 N–H and O–H groups in total. The molecular formula is C31H28Cl5N3O4. The van der Waals surface area contributed by atoms with Gasteiger partial charge in [-0.3, -0.25) is 4.79 Å². The van der Waals surface area contributed by atoms with E-state index in [0.29, 0.717) is 11.7 Å². The summed E-state index contributed by atoms with van der Waals surface area (Å²) in [6.07, 6.45) is 0.342. The van der Waals surface area contributed by atoms with Gasteiger partial charge in [-0.2, -0.15) is 0 Å². The number of amides is 1. The maximum absolute atomic E-state index is 12.1. The fraction of sp³-hybridized carbons (Fsp3) is 0.290. The molecule has 1 saturated heterocycles. The van der Waals surface area contributed by atoms with Gasteiger partial charge in [0, 0.05) is 18.0 Å². The number of alkyl halides is 3. The molecular weight excluding hydrogens is 656 g/mol. The van der Waals surface area contributed by atoms with E-state index in [9.17, 15) is 9.90 Å². The van der Waals surface area contributed by atoms with Crippen molar-refractivity contribution in [3.8, 4) is 11.1 Å². The first kappa shape index (κ1) is 32.1. The molecule has 0 spiro atoms. The number of aromatic nitrogens is 2. The highest BCUT2D eigenvalue weighted by atomic mass is 35.6. The molecule has 43 heavy (non-hydrogen) atoms. The summed E-state index contributed by atoms with van der Waals surface area (Å²) in [5.74, 6) is -0.750. The quantitative estimate of drug-likeness (QED) is 0.185. The maximum atomic E-state index is 12.1. The van der Waals surface area contributed by atoms with E-state index in [1.165, 1.54) is 0 Å². The summed E-state index contributed by atoms with van der Waals surface area (Å²) >= 11 is 29.6. The molecule has 12 heteroatoms. The van der Waals surface area contributed by atoms with Crippen LogP contribution in [0.25, 0.3) is 11.1 Å². The predicted octanol–water partition coefficient (Wildman–Crippen LogP) is 7.83. The summed E-state index contributed by atoms with van der Waals surface area (Å²) in [5, 5.41) is 12.7. The summed E-state index contributed by atoms with van der Waals surface area (Å²) in [6.45, 7) is 2.65.